The van der Waals surface area contributed by atoms with E-state index in [9.17, 15) is 4.39 Å². The minimum absolute atomic E-state index is 0.230. The normalized spacial score (nSPS) is 11.0. The second-order valence-electron chi connectivity index (χ2n) is 4.92. The standard InChI is InChI=1S/C15H18FN3S/c1-11(2)9-17-10-12-4-5-14(13(16)8-12)20-15-18-6-3-7-19-15/h3-8,11,17H,9-10H2,1-2H3. The first-order valence-corrected chi connectivity index (χ1v) is 7.41. The molecule has 0 aliphatic rings. The summed E-state index contributed by atoms with van der Waals surface area (Å²) in [7, 11) is 0. The van der Waals surface area contributed by atoms with Crippen molar-refractivity contribution in [3.05, 3.63) is 48.0 Å². The van der Waals surface area contributed by atoms with E-state index in [1.807, 2.05) is 6.07 Å². The molecule has 2 aromatic rings. The van der Waals surface area contributed by atoms with E-state index in [2.05, 4.69) is 29.1 Å². The quantitative estimate of drug-likeness (QED) is 0.827. The number of nitrogens with zero attached hydrogens (tertiary/aromatic N) is 2. The third-order valence-corrected chi connectivity index (χ3v) is 3.57. The molecule has 5 heteroatoms. The van der Waals surface area contributed by atoms with Gasteiger partial charge in [0.05, 0.1) is 4.90 Å². The first kappa shape index (κ1) is 14.9. The van der Waals surface area contributed by atoms with E-state index in [0.717, 1.165) is 12.1 Å². The Bertz CT molecular complexity index is 546. The Kier molecular flexibility index (Phi) is 5.49. The molecule has 0 radical (unpaired) electrons. The smallest absolute Gasteiger partial charge is 0.192 e. The van der Waals surface area contributed by atoms with Crippen LogP contribution in [0.4, 0.5) is 4.39 Å². The molecule has 0 spiro atoms. The number of hydrogen-bond donors (Lipinski definition) is 1. The number of rotatable bonds is 6. The number of benzene rings is 1. The van der Waals surface area contributed by atoms with Gasteiger partial charge in [-0.05, 0) is 48.0 Å². The maximum atomic E-state index is 14.0. The summed E-state index contributed by atoms with van der Waals surface area (Å²) in [5, 5.41) is 3.85. The van der Waals surface area contributed by atoms with Gasteiger partial charge in [0.15, 0.2) is 5.16 Å². The topological polar surface area (TPSA) is 37.8 Å². The summed E-state index contributed by atoms with van der Waals surface area (Å²) in [6.07, 6.45) is 3.30. The van der Waals surface area contributed by atoms with Gasteiger partial charge in [-0.25, -0.2) is 14.4 Å². The van der Waals surface area contributed by atoms with Crippen molar-refractivity contribution in [3.63, 3.8) is 0 Å². The van der Waals surface area contributed by atoms with Crippen molar-refractivity contribution >= 4 is 11.8 Å². The highest BCUT2D eigenvalue weighted by Crippen LogP contribution is 2.27. The van der Waals surface area contributed by atoms with Crippen molar-refractivity contribution < 1.29 is 4.39 Å². The van der Waals surface area contributed by atoms with Gasteiger partial charge in [0.25, 0.3) is 0 Å². The number of nitrogens with one attached hydrogen (secondary N) is 1. The molecular formula is C15H18FN3S. The SMILES string of the molecule is CC(C)CNCc1ccc(Sc2ncccn2)c(F)c1. The average molecular weight is 291 g/mol. The molecule has 1 heterocycles. The predicted octanol–water partition coefficient (Wildman–Crippen LogP) is 3.51. The highest BCUT2D eigenvalue weighted by molar-refractivity contribution is 7.99. The summed E-state index contributed by atoms with van der Waals surface area (Å²) in [5.41, 5.74) is 0.946. The molecule has 0 fully saturated rings. The van der Waals surface area contributed by atoms with Gasteiger partial charge in [0, 0.05) is 18.9 Å². The molecule has 0 amide bonds. The summed E-state index contributed by atoms with van der Waals surface area (Å²) in [6, 6.07) is 7.02. The Morgan fingerprint density at radius 2 is 2.00 bits per heavy atom. The van der Waals surface area contributed by atoms with Crippen LogP contribution in [0.15, 0.2) is 46.7 Å². The van der Waals surface area contributed by atoms with Crippen LogP contribution >= 0.6 is 11.8 Å². The number of hydrogen-bond acceptors (Lipinski definition) is 4. The summed E-state index contributed by atoms with van der Waals surface area (Å²) < 4.78 is 14.0. The Morgan fingerprint density at radius 1 is 1.25 bits per heavy atom. The van der Waals surface area contributed by atoms with Crippen molar-refractivity contribution in [1.29, 1.82) is 0 Å². The number of halogens is 1. The van der Waals surface area contributed by atoms with Crippen LogP contribution in [0, 0.1) is 11.7 Å². The lowest BCUT2D eigenvalue weighted by Crippen LogP contribution is -2.18. The molecular weight excluding hydrogens is 273 g/mol. The fourth-order valence-electron chi connectivity index (χ4n) is 1.68. The van der Waals surface area contributed by atoms with Crippen molar-refractivity contribution in [2.24, 2.45) is 5.92 Å². The second kappa shape index (κ2) is 7.36. The van der Waals surface area contributed by atoms with E-state index in [0.29, 0.717) is 22.5 Å². The highest BCUT2D eigenvalue weighted by atomic mass is 32.2. The van der Waals surface area contributed by atoms with Gasteiger partial charge in [0.1, 0.15) is 5.82 Å². The van der Waals surface area contributed by atoms with Gasteiger partial charge in [0.2, 0.25) is 0 Å². The third kappa shape index (κ3) is 4.58. The van der Waals surface area contributed by atoms with Crippen LogP contribution < -0.4 is 5.32 Å². The summed E-state index contributed by atoms with van der Waals surface area (Å²) in [4.78, 5) is 8.70. The van der Waals surface area contributed by atoms with Crippen LogP contribution in [0.3, 0.4) is 0 Å². The Balaban J connectivity index is 1.99. The van der Waals surface area contributed by atoms with E-state index < -0.39 is 0 Å². The van der Waals surface area contributed by atoms with Gasteiger partial charge >= 0.3 is 0 Å². The fraction of sp³-hybridized carbons (Fsp3) is 0.333. The summed E-state index contributed by atoms with van der Waals surface area (Å²) in [5.74, 6) is 0.358. The molecule has 0 saturated heterocycles. The molecule has 0 aliphatic heterocycles. The van der Waals surface area contributed by atoms with Crippen LogP contribution in [0.25, 0.3) is 0 Å². The lowest BCUT2D eigenvalue weighted by molar-refractivity contribution is 0.548. The minimum atomic E-state index is -0.230. The van der Waals surface area contributed by atoms with Crippen LogP contribution in [-0.4, -0.2) is 16.5 Å². The van der Waals surface area contributed by atoms with Gasteiger partial charge in [-0.1, -0.05) is 19.9 Å². The van der Waals surface area contributed by atoms with Crippen LogP contribution in [0.5, 0.6) is 0 Å². The molecule has 3 nitrogen and oxygen atoms in total. The first-order chi connectivity index (χ1) is 9.65. The lowest BCUT2D eigenvalue weighted by Gasteiger charge is -2.08. The van der Waals surface area contributed by atoms with Gasteiger partial charge in [-0.2, -0.15) is 0 Å². The second-order valence-corrected chi connectivity index (χ2v) is 5.93. The molecule has 1 N–H and O–H groups in total. The third-order valence-electron chi connectivity index (χ3n) is 2.62. The van der Waals surface area contributed by atoms with Gasteiger partial charge in [-0.3, -0.25) is 0 Å². The minimum Gasteiger partial charge on any atom is -0.312 e. The molecule has 1 aromatic heterocycles. The zero-order chi connectivity index (χ0) is 14.4. The molecule has 1 aromatic carbocycles. The average Bonchev–Trinajstić information content (AvgIpc) is 2.42. The monoisotopic (exact) mass is 291 g/mol. The molecule has 0 bridgehead atoms. The Morgan fingerprint density at radius 3 is 2.65 bits per heavy atom. The first-order valence-electron chi connectivity index (χ1n) is 6.59. The molecule has 0 aliphatic carbocycles. The molecule has 0 unspecified atom stereocenters. The van der Waals surface area contributed by atoms with E-state index in [1.165, 1.54) is 11.8 Å². The van der Waals surface area contributed by atoms with Crippen molar-refractivity contribution in [2.45, 2.75) is 30.4 Å². The maximum Gasteiger partial charge on any atom is 0.192 e. The summed E-state index contributed by atoms with van der Waals surface area (Å²) in [6.45, 7) is 5.90. The fourth-order valence-corrected chi connectivity index (χ4v) is 2.40. The van der Waals surface area contributed by atoms with Crippen LogP contribution in [-0.2, 0) is 6.54 Å². The summed E-state index contributed by atoms with van der Waals surface area (Å²) >= 11 is 1.23. The van der Waals surface area contributed by atoms with Crippen molar-refractivity contribution in [3.8, 4) is 0 Å². The van der Waals surface area contributed by atoms with E-state index in [-0.39, 0.29) is 5.82 Å². The van der Waals surface area contributed by atoms with Crippen LogP contribution in [0.2, 0.25) is 0 Å². The molecule has 106 valence electrons. The van der Waals surface area contributed by atoms with Gasteiger partial charge in [-0.15, -0.1) is 0 Å². The van der Waals surface area contributed by atoms with E-state index in [4.69, 9.17) is 0 Å². The Labute approximate surface area is 123 Å². The number of aromatic nitrogens is 2. The predicted molar refractivity (Wildman–Crippen MR) is 79.1 cm³/mol. The largest absolute Gasteiger partial charge is 0.312 e. The van der Waals surface area contributed by atoms with Crippen LogP contribution in [0.1, 0.15) is 19.4 Å². The van der Waals surface area contributed by atoms with Gasteiger partial charge < -0.3 is 5.32 Å². The molecule has 0 atom stereocenters. The maximum absolute atomic E-state index is 14.0. The lowest BCUT2D eigenvalue weighted by atomic mass is 10.2. The molecule has 2 rings (SSSR count). The molecule has 0 saturated carbocycles. The molecule has 20 heavy (non-hydrogen) atoms. The van der Waals surface area contributed by atoms with E-state index in [1.54, 1.807) is 30.6 Å². The Hall–Kier alpha value is -1.46. The zero-order valence-corrected chi connectivity index (χ0v) is 12.5. The highest BCUT2D eigenvalue weighted by Gasteiger charge is 2.07. The van der Waals surface area contributed by atoms with E-state index >= 15 is 0 Å². The zero-order valence-electron chi connectivity index (χ0n) is 11.6. The van der Waals surface area contributed by atoms with Crippen molar-refractivity contribution in [1.82, 2.24) is 15.3 Å². The van der Waals surface area contributed by atoms with Crippen molar-refractivity contribution in [2.75, 3.05) is 6.54 Å².